The minimum atomic E-state index is -0.383. The Balaban J connectivity index is 2.03. The monoisotopic (exact) mass is 340 g/mol. The maximum absolute atomic E-state index is 13.0. The highest BCUT2D eigenvalue weighted by Gasteiger charge is 2.38. The Labute approximate surface area is 151 Å². The zero-order valence-electron chi connectivity index (χ0n) is 13.9. The van der Waals surface area contributed by atoms with Gasteiger partial charge in [-0.25, -0.2) is 0 Å². The third kappa shape index (κ3) is 2.28. The summed E-state index contributed by atoms with van der Waals surface area (Å²) < 4.78 is 0. The Morgan fingerprint density at radius 1 is 0.808 bits per heavy atom. The molecule has 126 valence electrons. The van der Waals surface area contributed by atoms with Gasteiger partial charge in [-0.05, 0) is 28.8 Å². The molecule has 1 atom stereocenters. The summed E-state index contributed by atoms with van der Waals surface area (Å²) >= 11 is 0. The molecule has 3 aromatic rings. The molecule has 1 aliphatic carbocycles. The van der Waals surface area contributed by atoms with Crippen LogP contribution in [0.3, 0.4) is 0 Å². The largest absolute Gasteiger partial charge is 0.507 e. The van der Waals surface area contributed by atoms with Crippen LogP contribution in [0.25, 0.3) is 0 Å². The second-order valence-corrected chi connectivity index (χ2v) is 6.34. The van der Waals surface area contributed by atoms with E-state index in [-0.39, 0.29) is 40.2 Å². The van der Waals surface area contributed by atoms with E-state index in [0.29, 0.717) is 11.1 Å². The van der Waals surface area contributed by atoms with E-state index in [1.807, 2.05) is 42.5 Å². The first-order valence-electron chi connectivity index (χ1n) is 8.33. The van der Waals surface area contributed by atoms with E-state index in [1.54, 1.807) is 12.1 Å². The molecule has 0 spiro atoms. The number of ketones is 1. The summed E-state index contributed by atoms with van der Waals surface area (Å²) in [5.41, 5.74) is 2.73. The second-order valence-electron chi connectivity index (χ2n) is 6.34. The van der Waals surface area contributed by atoms with Crippen LogP contribution >= 0.6 is 0 Å². The number of carbonyl (C=O) groups is 1. The first-order valence-corrected chi connectivity index (χ1v) is 8.33. The zero-order chi connectivity index (χ0) is 18.3. The lowest BCUT2D eigenvalue weighted by Crippen LogP contribution is -2.23. The summed E-state index contributed by atoms with van der Waals surface area (Å²) in [5, 5.41) is 20.7. The van der Waals surface area contributed by atoms with Crippen molar-refractivity contribution < 1.29 is 15.0 Å². The van der Waals surface area contributed by atoms with E-state index in [0.717, 1.165) is 5.56 Å². The maximum atomic E-state index is 13.0. The third-order valence-electron chi connectivity index (χ3n) is 4.95. The molecule has 1 aliphatic rings. The number of hydrogen-bond donors (Lipinski definition) is 2. The fourth-order valence-electron chi connectivity index (χ4n) is 3.83. The van der Waals surface area contributed by atoms with E-state index in [4.69, 9.17) is 6.42 Å². The molecule has 4 rings (SSSR count). The molecule has 1 unspecified atom stereocenters. The molecule has 0 amide bonds. The molecule has 26 heavy (non-hydrogen) atoms. The van der Waals surface area contributed by atoms with Gasteiger partial charge in [-0.3, -0.25) is 4.79 Å². The summed E-state index contributed by atoms with van der Waals surface area (Å²) in [6, 6.07) is 19.7. The topological polar surface area (TPSA) is 57.5 Å². The van der Waals surface area contributed by atoms with Gasteiger partial charge < -0.3 is 10.2 Å². The molecule has 3 heteroatoms. The highest BCUT2D eigenvalue weighted by Crippen LogP contribution is 2.48. The van der Waals surface area contributed by atoms with Crippen molar-refractivity contribution >= 4 is 5.78 Å². The highest BCUT2D eigenvalue weighted by atomic mass is 16.3. The lowest BCUT2D eigenvalue weighted by atomic mass is 9.69. The Morgan fingerprint density at radius 2 is 1.35 bits per heavy atom. The van der Waals surface area contributed by atoms with E-state index < -0.39 is 0 Å². The first-order chi connectivity index (χ1) is 12.6. The predicted octanol–water partition coefficient (Wildman–Crippen LogP) is 4.19. The number of phenols is 2. The predicted molar refractivity (Wildman–Crippen MR) is 99.5 cm³/mol. The van der Waals surface area contributed by atoms with E-state index in [1.165, 1.54) is 12.1 Å². The lowest BCUT2D eigenvalue weighted by Gasteiger charge is -2.32. The SMILES string of the molecule is C#CC(c1ccccc1)C1c2cccc(O)c2C(=O)c2c(O)cccc21. The van der Waals surface area contributed by atoms with Crippen LogP contribution in [0.1, 0.15) is 44.4 Å². The third-order valence-corrected chi connectivity index (χ3v) is 4.95. The molecule has 2 N–H and O–H groups in total. The Morgan fingerprint density at radius 3 is 1.85 bits per heavy atom. The van der Waals surface area contributed by atoms with E-state index in [9.17, 15) is 15.0 Å². The molecular formula is C23H16O3. The fraction of sp³-hybridized carbons (Fsp3) is 0.0870. The van der Waals surface area contributed by atoms with Gasteiger partial charge in [-0.15, -0.1) is 6.42 Å². The Hall–Kier alpha value is -3.51. The van der Waals surface area contributed by atoms with Crippen LogP contribution in [-0.4, -0.2) is 16.0 Å². The van der Waals surface area contributed by atoms with Gasteiger partial charge in [0.1, 0.15) is 11.5 Å². The number of benzene rings is 3. The number of hydrogen-bond acceptors (Lipinski definition) is 3. The van der Waals surface area contributed by atoms with E-state index >= 15 is 0 Å². The maximum Gasteiger partial charge on any atom is 0.201 e. The van der Waals surface area contributed by atoms with Gasteiger partial charge in [0.2, 0.25) is 5.78 Å². The van der Waals surface area contributed by atoms with Crippen molar-refractivity contribution in [3.8, 4) is 23.8 Å². The molecule has 0 aromatic heterocycles. The minimum Gasteiger partial charge on any atom is -0.507 e. The first kappa shape index (κ1) is 16.0. The number of phenolic OH excluding ortho intramolecular Hbond substituents is 2. The van der Waals surface area contributed by atoms with Crippen molar-refractivity contribution in [2.45, 2.75) is 11.8 Å². The van der Waals surface area contributed by atoms with Gasteiger partial charge in [0.05, 0.1) is 17.0 Å². The van der Waals surface area contributed by atoms with Crippen LogP contribution in [-0.2, 0) is 0 Å². The summed E-state index contributed by atoms with van der Waals surface area (Å²) in [5.74, 6) is 1.58. The molecule has 0 saturated carbocycles. The van der Waals surface area contributed by atoms with Crippen molar-refractivity contribution in [3.05, 3.63) is 94.5 Å². The van der Waals surface area contributed by atoms with Crippen LogP contribution in [0.4, 0.5) is 0 Å². The number of carbonyl (C=O) groups excluding carboxylic acids is 1. The zero-order valence-corrected chi connectivity index (χ0v) is 13.9. The smallest absolute Gasteiger partial charge is 0.201 e. The summed E-state index contributed by atoms with van der Waals surface area (Å²) in [6.45, 7) is 0. The van der Waals surface area contributed by atoms with Gasteiger partial charge in [0, 0.05) is 5.92 Å². The number of aromatic hydroxyl groups is 2. The molecule has 0 saturated heterocycles. The number of rotatable bonds is 2. The average Bonchev–Trinajstić information content (AvgIpc) is 2.65. The molecule has 0 fully saturated rings. The van der Waals surface area contributed by atoms with Crippen molar-refractivity contribution in [1.29, 1.82) is 0 Å². The van der Waals surface area contributed by atoms with Gasteiger partial charge >= 0.3 is 0 Å². The average molecular weight is 340 g/mol. The second kappa shape index (κ2) is 6.09. The van der Waals surface area contributed by atoms with Gasteiger partial charge in [-0.1, -0.05) is 60.5 Å². The fourth-order valence-corrected chi connectivity index (χ4v) is 3.83. The van der Waals surface area contributed by atoms with Crippen molar-refractivity contribution in [2.24, 2.45) is 0 Å². The summed E-state index contributed by atoms with van der Waals surface area (Å²) in [7, 11) is 0. The number of terminal acetylenes is 1. The normalized spacial score (nSPS) is 14.2. The summed E-state index contributed by atoms with van der Waals surface area (Å²) in [6.07, 6.45) is 5.90. The standard InChI is InChI=1S/C23H16O3/c1-2-15(14-8-4-3-5-9-14)20-16-10-6-12-18(24)21(16)23(26)22-17(20)11-7-13-19(22)25/h1,3-13,15,20,24-25H. The Kier molecular flexibility index (Phi) is 3.74. The van der Waals surface area contributed by atoms with Gasteiger partial charge in [0.15, 0.2) is 0 Å². The van der Waals surface area contributed by atoms with E-state index in [2.05, 4.69) is 5.92 Å². The van der Waals surface area contributed by atoms with Gasteiger partial charge in [-0.2, -0.15) is 0 Å². The van der Waals surface area contributed by atoms with Crippen molar-refractivity contribution in [2.75, 3.05) is 0 Å². The molecule has 0 aliphatic heterocycles. The number of fused-ring (bicyclic) bond motifs is 2. The quantitative estimate of drug-likeness (QED) is 0.688. The highest BCUT2D eigenvalue weighted by molar-refractivity contribution is 6.16. The van der Waals surface area contributed by atoms with Crippen LogP contribution in [0, 0.1) is 12.3 Å². The molecule has 0 heterocycles. The molecular weight excluding hydrogens is 324 g/mol. The van der Waals surface area contributed by atoms with Crippen LogP contribution < -0.4 is 0 Å². The van der Waals surface area contributed by atoms with Gasteiger partial charge in [0.25, 0.3) is 0 Å². The summed E-state index contributed by atoms with van der Waals surface area (Å²) in [4.78, 5) is 13.0. The van der Waals surface area contributed by atoms with Crippen LogP contribution in [0.2, 0.25) is 0 Å². The Bertz CT molecular complexity index is 989. The minimum absolute atomic E-state index is 0.102. The lowest BCUT2D eigenvalue weighted by molar-refractivity contribution is 0.102. The van der Waals surface area contributed by atoms with Crippen molar-refractivity contribution in [1.82, 2.24) is 0 Å². The molecule has 0 bridgehead atoms. The molecule has 0 radical (unpaired) electrons. The van der Waals surface area contributed by atoms with Crippen LogP contribution in [0.15, 0.2) is 66.7 Å². The molecule has 3 nitrogen and oxygen atoms in total. The van der Waals surface area contributed by atoms with Crippen LogP contribution in [0.5, 0.6) is 11.5 Å². The van der Waals surface area contributed by atoms with Crippen molar-refractivity contribution in [3.63, 3.8) is 0 Å². The molecule has 3 aromatic carbocycles.